The number of hydrogen-bond donors (Lipinski definition) is 0. The maximum Gasteiger partial charge on any atom is 0.0726 e. The molecule has 0 fully saturated rings. The highest BCUT2D eigenvalue weighted by Crippen LogP contribution is 2.64. The molecule has 10 aromatic rings. The third-order valence-electron chi connectivity index (χ3n) is 12.4. The molecule has 0 saturated carbocycles. The van der Waals surface area contributed by atoms with E-state index in [-0.39, 0.29) is 0 Å². The highest BCUT2D eigenvalue weighted by Gasteiger charge is 2.52. The molecule has 2 aliphatic rings. The second-order valence-electron chi connectivity index (χ2n) is 15.2. The number of anilines is 3. The fourth-order valence-electron chi connectivity index (χ4n) is 10.2. The van der Waals surface area contributed by atoms with Gasteiger partial charge in [0.05, 0.1) is 5.41 Å². The van der Waals surface area contributed by atoms with Gasteiger partial charge in [-0.1, -0.05) is 176 Å². The first kappa shape index (κ1) is 31.2. The number of para-hydroxylation sites is 1. The van der Waals surface area contributed by atoms with Crippen LogP contribution in [0.5, 0.6) is 0 Å². The minimum Gasteiger partial charge on any atom is -0.310 e. The van der Waals surface area contributed by atoms with Gasteiger partial charge < -0.3 is 4.90 Å². The molecule has 0 unspecified atom stereocenters. The van der Waals surface area contributed by atoms with Crippen LogP contribution in [0.25, 0.3) is 65.7 Å². The number of fused-ring (bicyclic) bond motifs is 16. The Bertz CT molecular complexity index is 3110. The highest BCUT2D eigenvalue weighted by atomic mass is 15.1. The molecular formula is C55H35N. The van der Waals surface area contributed by atoms with Gasteiger partial charge in [0.25, 0.3) is 0 Å². The molecular weight excluding hydrogens is 675 g/mol. The minimum atomic E-state index is -0.473. The standard InChI is InChI=1S/C55H35N/c1-3-16-36(17-4-1)40-26-15-29-52-54(40)48-33-31-39(35-53(48)55(52)50-27-13-11-24-46(50)47-25-12-14-28-51(47)55)56(37-18-5-2-6-19-37)38-30-32-45-43-22-8-7-20-41(43)42-21-9-10-23-44(42)49(45)34-38/h1-35H. The molecule has 0 atom stereocenters. The third-order valence-corrected chi connectivity index (χ3v) is 12.4. The summed E-state index contributed by atoms with van der Waals surface area (Å²) in [4.78, 5) is 2.45. The zero-order valence-corrected chi connectivity index (χ0v) is 30.7. The van der Waals surface area contributed by atoms with Gasteiger partial charge in [-0.05, 0) is 124 Å². The summed E-state index contributed by atoms with van der Waals surface area (Å²) >= 11 is 0. The molecule has 260 valence electrons. The van der Waals surface area contributed by atoms with Crippen molar-refractivity contribution in [2.24, 2.45) is 0 Å². The fraction of sp³-hybridized carbons (Fsp3) is 0.0182. The summed E-state index contributed by atoms with van der Waals surface area (Å²) in [5, 5.41) is 7.65. The molecule has 0 bridgehead atoms. The van der Waals surface area contributed by atoms with Crippen LogP contribution in [0.1, 0.15) is 22.3 Å². The molecule has 10 aromatic carbocycles. The van der Waals surface area contributed by atoms with Gasteiger partial charge in [-0.3, -0.25) is 0 Å². The number of benzene rings is 10. The first-order valence-electron chi connectivity index (χ1n) is 19.5. The van der Waals surface area contributed by atoms with E-state index in [0.29, 0.717) is 0 Å². The lowest BCUT2D eigenvalue weighted by molar-refractivity contribution is 0.794. The van der Waals surface area contributed by atoms with Crippen molar-refractivity contribution >= 4 is 49.4 Å². The summed E-state index contributed by atoms with van der Waals surface area (Å²) in [6.07, 6.45) is 0. The average Bonchev–Trinajstić information content (AvgIpc) is 3.74. The smallest absolute Gasteiger partial charge is 0.0726 e. The largest absolute Gasteiger partial charge is 0.310 e. The molecule has 1 heteroatoms. The minimum absolute atomic E-state index is 0.473. The van der Waals surface area contributed by atoms with Gasteiger partial charge in [0.2, 0.25) is 0 Å². The maximum absolute atomic E-state index is 2.50. The zero-order valence-electron chi connectivity index (χ0n) is 30.7. The van der Waals surface area contributed by atoms with Gasteiger partial charge in [-0.2, -0.15) is 0 Å². The van der Waals surface area contributed by atoms with Crippen molar-refractivity contribution < 1.29 is 0 Å². The monoisotopic (exact) mass is 709 g/mol. The van der Waals surface area contributed by atoms with Gasteiger partial charge in [-0.25, -0.2) is 0 Å². The number of rotatable bonds is 4. The van der Waals surface area contributed by atoms with Gasteiger partial charge >= 0.3 is 0 Å². The quantitative estimate of drug-likeness (QED) is 0.164. The normalized spacial score (nSPS) is 13.1. The van der Waals surface area contributed by atoms with Gasteiger partial charge in [0.15, 0.2) is 0 Å². The molecule has 12 rings (SSSR count). The third kappa shape index (κ3) is 4.20. The maximum atomic E-state index is 2.50. The van der Waals surface area contributed by atoms with Crippen LogP contribution in [0, 0.1) is 0 Å². The second-order valence-corrected chi connectivity index (χ2v) is 15.2. The molecule has 0 aliphatic heterocycles. The molecule has 0 amide bonds. The Morgan fingerprint density at radius 2 is 0.750 bits per heavy atom. The average molecular weight is 710 g/mol. The Hall–Kier alpha value is -7.22. The van der Waals surface area contributed by atoms with Crippen LogP contribution in [0.15, 0.2) is 212 Å². The van der Waals surface area contributed by atoms with Crippen molar-refractivity contribution in [3.8, 4) is 33.4 Å². The summed E-state index contributed by atoms with van der Waals surface area (Å²) in [5.41, 5.74) is 16.0. The Morgan fingerprint density at radius 3 is 1.41 bits per heavy atom. The van der Waals surface area contributed by atoms with Gasteiger partial charge in [0.1, 0.15) is 0 Å². The molecule has 0 N–H and O–H groups in total. The number of hydrogen-bond acceptors (Lipinski definition) is 1. The summed E-state index contributed by atoms with van der Waals surface area (Å²) < 4.78 is 0. The second kappa shape index (κ2) is 11.9. The lowest BCUT2D eigenvalue weighted by atomic mass is 9.70. The molecule has 0 saturated heterocycles. The van der Waals surface area contributed by atoms with E-state index in [2.05, 4.69) is 217 Å². The molecule has 1 spiro atoms. The first-order chi connectivity index (χ1) is 27.8. The summed E-state index contributed by atoms with van der Waals surface area (Å²) in [6.45, 7) is 0. The lowest BCUT2D eigenvalue weighted by Gasteiger charge is -2.32. The predicted octanol–water partition coefficient (Wildman–Crippen LogP) is 14.6. The van der Waals surface area contributed by atoms with E-state index >= 15 is 0 Å². The van der Waals surface area contributed by atoms with E-state index in [4.69, 9.17) is 0 Å². The molecule has 56 heavy (non-hydrogen) atoms. The predicted molar refractivity (Wildman–Crippen MR) is 235 cm³/mol. The summed E-state index contributed by atoms with van der Waals surface area (Å²) in [6, 6.07) is 78.8. The Morgan fingerprint density at radius 1 is 0.268 bits per heavy atom. The van der Waals surface area contributed by atoms with E-state index in [1.807, 2.05) is 0 Å². The molecule has 2 aliphatic carbocycles. The van der Waals surface area contributed by atoms with Gasteiger partial charge in [-0.15, -0.1) is 0 Å². The van der Waals surface area contributed by atoms with Crippen LogP contribution in [0.2, 0.25) is 0 Å². The van der Waals surface area contributed by atoms with E-state index in [1.165, 1.54) is 88.0 Å². The first-order valence-corrected chi connectivity index (χ1v) is 19.5. The summed E-state index contributed by atoms with van der Waals surface area (Å²) in [7, 11) is 0. The Labute approximate surface area is 326 Å². The topological polar surface area (TPSA) is 3.24 Å². The molecule has 0 heterocycles. The van der Waals surface area contributed by atoms with Crippen LogP contribution >= 0.6 is 0 Å². The van der Waals surface area contributed by atoms with Crippen LogP contribution in [-0.2, 0) is 5.41 Å². The van der Waals surface area contributed by atoms with E-state index in [9.17, 15) is 0 Å². The molecule has 0 radical (unpaired) electrons. The Kier molecular flexibility index (Phi) is 6.62. The van der Waals surface area contributed by atoms with E-state index < -0.39 is 5.41 Å². The van der Waals surface area contributed by atoms with Gasteiger partial charge in [0, 0.05) is 17.1 Å². The van der Waals surface area contributed by atoms with Crippen LogP contribution in [-0.4, -0.2) is 0 Å². The summed E-state index contributed by atoms with van der Waals surface area (Å²) in [5.74, 6) is 0. The van der Waals surface area contributed by atoms with Crippen molar-refractivity contribution in [1.29, 1.82) is 0 Å². The van der Waals surface area contributed by atoms with Crippen molar-refractivity contribution in [2.45, 2.75) is 5.41 Å². The highest BCUT2D eigenvalue weighted by molar-refractivity contribution is 6.25. The van der Waals surface area contributed by atoms with E-state index in [1.54, 1.807) is 0 Å². The fourth-order valence-corrected chi connectivity index (χ4v) is 10.2. The van der Waals surface area contributed by atoms with Crippen LogP contribution in [0.4, 0.5) is 17.1 Å². The van der Waals surface area contributed by atoms with Crippen LogP contribution < -0.4 is 4.90 Å². The van der Waals surface area contributed by atoms with Crippen LogP contribution in [0.3, 0.4) is 0 Å². The number of nitrogens with zero attached hydrogens (tertiary/aromatic N) is 1. The Balaban J connectivity index is 1.16. The zero-order chi connectivity index (χ0) is 36.8. The lowest BCUT2D eigenvalue weighted by Crippen LogP contribution is -2.26. The van der Waals surface area contributed by atoms with Crippen molar-refractivity contribution in [2.75, 3.05) is 4.90 Å². The van der Waals surface area contributed by atoms with Crippen molar-refractivity contribution in [1.82, 2.24) is 0 Å². The van der Waals surface area contributed by atoms with E-state index in [0.717, 1.165) is 17.1 Å². The molecule has 1 nitrogen and oxygen atoms in total. The molecule has 0 aromatic heterocycles. The van der Waals surface area contributed by atoms with Crippen molar-refractivity contribution in [3.05, 3.63) is 235 Å². The van der Waals surface area contributed by atoms with Crippen molar-refractivity contribution in [3.63, 3.8) is 0 Å². The SMILES string of the molecule is c1ccc(-c2cccc3c2-c2ccc(N(c4ccccc4)c4ccc5c6ccccc6c6ccccc6c5c4)cc2C32c3ccccc3-c3ccccc32)cc1.